The minimum atomic E-state index is -0.240. The first-order valence-corrected chi connectivity index (χ1v) is 13.7. The average Bonchev–Trinajstić information content (AvgIpc) is 3.59. The number of aromatic amines is 2. The van der Waals surface area contributed by atoms with Gasteiger partial charge in [-0.15, -0.1) is 0 Å². The Morgan fingerprint density at radius 3 is 2.64 bits per heavy atom. The molecule has 0 bridgehead atoms. The fraction of sp³-hybridized carbons (Fsp3) is 0.206. The van der Waals surface area contributed by atoms with Crippen LogP contribution >= 0.6 is 0 Å². The van der Waals surface area contributed by atoms with Crippen molar-refractivity contribution in [3.63, 3.8) is 0 Å². The largest absolute Gasteiger partial charge is 0.353 e. The fourth-order valence-corrected chi connectivity index (χ4v) is 5.74. The van der Waals surface area contributed by atoms with Crippen LogP contribution in [0.3, 0.4) is 0 Å². The molecule has 0 aliphatic carbocycles. The van der Waals surface area contributed by atoms with Crippen LogP contribution < -0.4 is 5.32 Å². The molecule has 5 aromatic rings. The van der Waals surface area contributed by atoms with Crippen molar-refractivity contribution >= 4 is 27.4 Å². The first-order chi connectivity index (χ1) is 19.1. The molecular weight excluding hydrogens is 483 g/mol. The predicted octanol–water partition coefficient (Wildman–Crippen LogP) is 8.42. The number of H-pyrrole nitrogens is 2. The molecule has 5 heteroatoms. The van der Waals surface area contributed by atoms with Gasteiger partial charge < -0.3 is 10.3 Å². The van der Waals surface area contributed by atoms with Gasteiger partial charge in [0.15, 0.2) is 0 Å². The van der Waals surface area contributed by atoms with Crippen molar-refractivity contribution in [1.82, 2.24) is 20.5 Å². The highest BCUT2D eigenvalue weighted by Gasteiger charge is 2.16. The van der Waals surface area contributed by atoms with Crippen LogP contribution in [0.5, 0.6) is 0 Å². The molecule has 2 aromatic heterocycles. The molecule has 0 unspecified atom stereocenters. The maximum Gasteiger partial charge on any atom is 0.123 e. The van der Waals surface area contributed by atoms with E-state index in [-0.39, 0.29) is 5.82 Å². The lowest BCUT2D eigenvalue weighted by atomic mass is 9.89. The first kappa shape index (κ1) is 25.1. The summed E-state index contributed by atoms with van der Waals surface area (Å²) in [7, 11) is 0. The van der Waals surface area contributed by atoms with Crippen molar-refractivity contribution in [3.8, 4) is 22.5 Å². The first-order valence-electron chi connectivity index (χ1n) is 13.7. The summed E-state index contributed by atoms with van der Waals surface area (Å²) in [5.41, 5.74) is 9.21. The lowest BCUT2D eigenvalue weighted by Gasteiger charge is -2.23. The molecule has 4 nitrogen and oxygen atoms in total. The molecule has 0 saturated carbocycles. The van der Waals surface area contributed by atoms with E-state index in [4.69, 9.17) is 0 Å². The maximum atomic E-state index is 14.0. The zero-order valence-corrected chi connectivity index (χ0v) is 22.2. The van der Waals surface area contributed by atoms with E-state index in [9.17, 15) is 4.39 Å². The number of piperidine rings is 1. The molecule has 196 valence electrons. The Morgan fingerprint density at radius 1 is 1.00 bits per heavy atom. The predicted molar refractivity (Wildman–Crippen MR) is 161 cm³/mol. The Bertz CT molecular complexity index is 1710. The van der Waals surface area contributed by atoms with E-state index < -0.39 is 0 Å². The fourth-order valence-electron chi connectivity index (χ4n) is 5.74. The van der Waals surface area contributed by atoms with Crippen molar-refractivity contribution in [2.45, 2.75) is 26.2 Å². The van der Waals surface area contributed by atoms with Crippen LogP contribution in [0, 0.1) is 11.7 Å². The molecule has 0 amide bonds. The van der Waals surface area contributed by atoms with Crippen LogP contribution in [0.15, 0.2) is 97.1 Å². The van der Waals surface area contributed by atoms with Crippen LogP contribution in [0.2, 0.25) is 0 Å². The minimum Gasteiger partial charge on any atom is -0.353 e. The van der Waals surface area contributed by atoms with E-state index >= 15 is 0 Å². The van der Waals surface area contributed by atoms with Gasteiger partial charge in [-0.25, -0.2) is 4.39 Å². The Balaban J connectivity index is 1.37. The minimum absolute atomic E-state index is 0.240. The SMILES string of the molecule is C=C/C(=C\C(=C/C)c1ccc2[nH]nc(-c3cc4c(-c5cccc(F)c5)cccc4[nH]3)c2c1)CC1CCNCC1. The van der Waals surface area contributed by atoms with E-state index in [1.165, 1.54) is 30.1 Å². The second kappa shape index (κ2) is 10.9. The van der Waals surface area contributed by atoms with Gasteiger partial charge in [0, 0.05) is 16.3 Å². The van der Waals surface area contributed by atoms with Gasteiger partial charge in [0.05, 0.1) is 11.2 Å². The summed E-state index contributed by atoms with van der Waals surface area (Å²) in [6, 6.07) is 21.4. The van der Waals surface area contributed by atoms with Crippen LogP contribution in [0.1, 0.15) is 31.7 Å². The lowest BCUT2D eigenvalue weighted by Crippen LogP contribution is -2.27. The second-order valence-corrected chi connectivity index (χ2v) is 10.4. The Hall–Kier alpha value is -4.22. The number of allylic oxidation sites excluding steroid dienone is 5. The molecule has 0 atom stereocenters. The monoisotopic (exact) mass is 516 g/mol. The standard InChI is InChI=1S/C34H33FN4/c1-3-22(17-23-13-15-36-16-14-23)18-24(4-2)25-11-12-32-30(20-25)34(39-38-32)33-21-29-28(9-6-10-31(29)37-33)26-7-5-8-27(35)19-26/h3-12,18-21,23,36-37H,1,13-17H2,2H3,(H,38,39)/b22-18+,24-4+. The molecule has 1 aliphatic rings. The van der Waals surface area contributed by atoms with Gasteiger partial charge in [-0.3, -0.25) is 5.10 Å². The van der Waals surface area contributed by atoms with Gasteiger partial charge in [0.2, 0.25) is 0 Å². The third kappa shape index (κ3) is 5.10. The molecule has 0 radical (unpaired) electrons. The lowest BCUT2D eigenvalue weighted by molar-refractivity contribution is 0.374. The van der Waals surface area contributed by atoms with E-state index in [2.05, 4.69) is 70.4 Å². The van der Waals surface area contributed by atoms with Crippen molar-refractivity contribution in [2.24, 2.45) is 5.92 Å². The molecule has 1 aliphatic heterocycles. The Labute approximate surface area is 228 Å². The zero-order chi connectivity index (χ0) is 26.8. The van der Waals surface area contributed by atoms with Gasteiger partial charge in [0.25, 0.3) is 0 Å². The molecule has 1 saturated heterocycles. The van der Waals surface area contributed by atoms with Crippen molar-refractivity contribution in [2.75, 3.05) is 13.1 Å². The summed E-state index contributed by atoms with van der Waals surface area (Å²) in [4.78, 5) is 3.54. The number of nitrogens with one attached hydrogen (secondary N) is 3. The Morgan fingerprint density at radius 2 is 1.85 bits per heavy atom. The zero-order valence-electron chi connectivity index (χ0n) is 22.2. The number of aromatic nitrogens is 3. The molecule has 39 heavy (non-hydrogen) atoms. The quantitative estimate of drug-likeness (QED) is 0.190. The Kier molecular flexibility index (Phi) is 6.99. The topological polar surface area (TPSA) is 56.5 Å². The molecular formula is C34H33FN4. The summed E-state index contributed by atoms with van der Waals surface area (Å²) in [6.45, 7) is 8.39. The van der Waals surface area contributed by atoms with Crippen LogP contribution in [-0.2, 0) is 0 Å². The molecule has 6 rings (SSSR count). The highest BCUT2D eigenvalue weighted by Crippen LogP contribution is 2.35. The summed E-state index contributed by atoms with van der Waals surface area (Å²) in [5, 5.41) is 13.4. The number of benzene rings is 3. The molecule has 3 aromatic carbocycles. The summed E-state index contributed by atoms with van der Waals surface area (Å²) in [6.07, 6.45) is 9.95. The van der Waals surface area contributed by atoms with Crippen LogP contribution in [0.25, 0.3) is 49.9 Å². The van der Waals surface area contributed by atoms with Gasteiger partial charge in [-0.1, -0.05) is 55.1 Å². The van der Waals surface area contributed by atoms with Crippen molar-refractivity contribution in [3.05, 3.63) is 108 Å². The van der Waals surface area contributed by atoms with Crippen molar-refractivity contribution in [1.29, 1.82) is 0 Å². The molecule has 0 spiro atoms. The van der Waals surface area contributed by atoms with Crippen molar-refractivity contribution < 1.29 is 4.39 Å². The van der Waals surface area contributed by atoms with Crippen LogP contribution in [0.4, 0.5) is 4.39 Å². The number of nitrogens with zero attached hydrogens (tertiary/aromatic N) is 1. The summed E-state index contributed by atoms with van der Waals surface area (Å²) >= 11 is 0. The third-order valence-corrected chi connectivity index (χ3v) is 7.85. The number of fused-ring (bicyclic) bond motifs is 2. The number of rotatable bonds is 7. The van der Waals surface area contributed by atoms with Crippen LogP contribution in [-0.4, -0.2) is 28.3 Å². The van der Waals surface area contributed by atoms with E-state index in [0.29, 0.717) is 5.92 Å². The summed E-state index contributed by atoms with van der Waals surface area (Å²) in [5.74, 6) is 0.464. The van der Waals surface area contributed by atoms with Gasteiger partial charge in [-0.05, 0) is 109 Å². The van der Waals surface area contributed by atoms with Gasteiger partial charge in [-0.2, -0.15) is 5.10 Å². The number of hydrogen-bond donors (Lipinski definition) is 3. The van der Waals surface area contributed by atoms with Gasteiger partial charge >= 0.3 is 0 Å². The molecule has 3 N–H and O–H groups in total. The number of halogens is 1. The second-order valence-electron chi connectivity index (χ2n) is 10.4. The average molecular weight is 517 g/mol. The molecule has 1 fully saturated rings. The normalized spacial score (nSPS) is 15.3. The number of hydrogen-bond acceptors (Lipinski definition) is 2. The summed E-state index contributed by atoms with van der Waals surface area (Å²) < 4.78 is 14.0. The van der Waals surface area contributed by atoms with E-state index in [0.717, 1.165) is 69.4 Å². The van der Waals surface area contributed by atoms with E-state index in [1.807, 2.05) is 30.3 Å². The van der Waals surface area contributed by atoms with E-state index in [1.54, 1.807) is 12.1 Å². The molecule has 3 heterocycles. The third-order valence-electron chi connectivity index (χ3n) is 7.85. The highest BCUT2D eigenvalue weighted by atomic mass is 19.1. The maximum absolute atomic E-state index is 14.0. The highest BCUT2D eigenvalue weighted by molar-refractivity contribution is 6.01. The smallest absolute Gasteiger partial charge is 0.123 e. The van der Waals surface area contributed by atoms with Gasteiger partial charge in [0.1, 0.15) is 11.5 Å².